The van der Waals surface area contributed by atoms with Crippen molar-refractivity contribution in [1.29, 1.82) is 0 Å². The van der Waals surface area contributed by atoms with Gasteiger partial charge in [0.25, 0.3) is 6.47 Å². The number of ether oxygens (including phenoxy) is 1. The van der Waals surface area contributed by atoms with Crippen molar-refractivity contribution in [3.05, 3.63) is 35.4 Å². The van der Waals surface area contributed by atoms with Crippen molar-refractivity contribution in [3.63, 3.8) is 0 Å². The van der Waals surface area contributed by atoms with E-state index in [2.05, 4.69) is 0 Å². The minimum Gasteiger partial charge on any atom is -0.480 e. The van der Waals surface area contributed by atoms with Crippen molar-refractivity contribution < 1.29 is 19.4 Å². The first-order chi connectivity index (χ1) is 7.56. The van der Waals surface area contributed by atoms with Gasteiger partial charge in [-0.15, -0.1) is 11.6 Å². The molecule has 0 bridgehead atoms. The van der Waals surface area contributed by atoms with Crippen LogP contribution in [0.2, 0.25) is 0 Å². The van der Waals surface area contributed by atoms with E-state index in [1.807, 2.05) is 6.92 Å². The fraction of sp³-hybridized carbons (Fsp3) is 0.273. The van der Waals surface area contributed by atoms with Crippen LogP contribution in [0.4, 0.5) is 0 Å². The molecule has 0 aliphatic heterocycles. The number of carbonyl (C=O) groups excluding carboxylic acids is 1. The van der Waals surface area contributed by atoms with Crippen molar-refractivity contribution >= 4 is 24.0 Å². The molecule has 0 saturated carbocycles. The third-order valence-corrected chi connectivity index (χ3v) is 2.53. The van der Waals surface area contributed by atoms with E-state index in [0.717, 1.165) is 5.56 Å². The monoisotopic (exact) mass is 242 g/mol. The Balaban J connectivity index is 2.97. The number of alkyl halides is 1. The predicted octanol–water partition coefficient (Wildman–Crippen LogP) is 1.90. The lowest BCUT2D eigenvalue weighted by atomic mass is 10.0. The molecule has 5 heteroatoms. The molecule has 1 rings (SSSR count). The fourth-order valence-electron chi connectivity index (χ4n) is 1.26. The summed E-state index contributed by atoms with van der Waals surface area (Å²) in [6.45, 7) is 2.09. The average molecular weight is 243 g/mol. The van der Waals surface area contributed by atoms with Crippen LogP contribution in [0.3, 0.4) is 0 Å². The first kappa shape index (κ1) is 12.5. The van der Waals surface area contributed by atoms with Crippen LogP contribution in [-0.2, 0) is 14.3 Å². The highest BCUT2D eigenvalue weighted by molar-refractivity contribution is 6.30. The molecule has 16 heavy (non-hydrogen) atoms. The van der Waals surface area contributed by atoms with Crippen molar-refractivity contribution in [1.82, 2.24) is 0 Å². The molecular weight excluding hydrogens is 232 g/mol. The number of aryl methyl sites for hydroxylation is 1. The fourth-order valence-corrected chi connectivity index (χ4v) is 1.47. The van der Waals surface area contributed by atoms with Gasteiger partial charge in [-0.05, 0) is 12.5 Å². The second kappa shape index (κ2) is 5.51. The first-order valence-corrected chi connectivity index (χ1v) is 5.02. The topological polar surface area (TPSA) is 63.6 Å². The predicted molar refractivity (Wildman–Crippen MR) is 58.3 cm³/mol. The molecule has 86 valence electrons. The van der Waals surface area contributed by atoms with Crippen molar-refractivity contribution in [2.24, 2.45) is 0 Å². The summed E-state index contributed by atoms with van der Waals surface area (Å²) >= 11 is 5.65. The Bertz CT molecular complexity index is 374. The second-order valence-electron chi connectivity index (χ2n) is 3.30. The number of rotatable bonds is 5. The van der Waals surface area contributed by atoms with Crippen LogP contribution in [0.1, 0.15) is 17.2 Å². The van der Waals surface area contributed by atoms with Gasteiger partial charge in [-0.2, -0.15) is 0 Å². The van der Waals surface area contributed by atoms with Gasteiger partial charge in [-0.1, -0.05) is 29.8 Å². The number of hydrogen-bond acceptors (Lipinski definition) is 3. The Morgan fingerprint density at radius 1 is 1.44 bits per heavy atom. The summed E-state index contributed by atoms with van der Waals surface area (Å²) in [6, 6.07) is 6.95. The molecule has 1 aromatic rings. The minimum absolute atomic E-state index is 0.197. The molecule has 0 amide bonds. The molecule has 1 N–H and O–H groups in total. The highest BCUT2D eigenvalue weighted by Gasteiger charge is 2.28. The molecule has 0 aliphatic carbocycles. The SMILES string of the molecule is Cc1ccc(C(OC=O)C(Cl)C(=O)O)cc1. The van der Waals surface area contributed by atoms with Crippen LogP contribution in [-0.4, -0.2) is 22.9 Å². The van der Waals surface area contributed by atoms with Gasteiger partial charge in [0.05, 0.1) is 0 Å². The zero-order chi connectivity index (χ0) is 12.1. The Labute approximate surface area is 97.8 Å². The number of carboxylic acid groups (broad SMARTS) is 1. The maximum atomic E-state index is 10.7. The average Bonchev–Trinajstić information content (AvgIpc) is 2.26. The highest BCUT2D eigenvalue weighted by atomic mass is 35.5. The summed E-state index contributed by atoms with van der Waals surface area (Å²) in [6.07, 6.45) is -0.975. The normalized spacial score (nSPS) is 13.9. The first-order valence-electron chi connectivity index (χ1n) is 4.59. The lowest BCUT2D eigenvalue weighted by Crippen LogP contribution is -2.24. The molecule has 0 saturated heterocycles. The van der Waals surface area contributed by atoms with E-state index in [-0.39, 0.29) is 6.47 Å². The van der Waals surface area contributed by atoms with Crippen LogP contribution >= 0.6 is 11.6 Å². The number of carboxylic acids is 1. The zero-order valence-electron chi connectivity index (χ0n) is 8.59. The number of benzene rings is 1. The molecule has 2 atom stereocenters. The van der Waals surface area contributed by atoms with E-state index in [1.54, 1.807) is 24.3 Å². The van der Waals surface area contributed by atoms with E-state index in [1.165, 1.54) is 0 Å². The molecule has 0 radical (unpaired) electrons. The summed E-state index contributed by atoms with van der Waals surface area (Å²) in [7, 11) is 0. The molecule has 0 spiro atoms. The molecule has 0 aliphatic rings. The van der Waals surface area contributed by atoms with Crippen molar-refractivity contribution in [2.45, 2.75) is 18.4 Å². The summed E-state index contributed by atoms with van der Waals surface area (Å²) in [5.41, 5.74) is 1.58. The number of aliphatic carboxylic acids is 1. The van der Waals surface area contributed by atoms with Gasteiger partial charge in [-0.3, -0.25) is 9.59 Å². The van der Waals surface area contributed by atoms with Crippen LogP contribution in [0.25, 0.3) is 0 Å². The van der Waals surface area contributed by atoms with E-state index in [0.29, 0.717) is 5.56 Å². The molecule has 2 unspecified atom stereocenters. The van der Waals surface area contributed by atoms with Gasteiger partial charge in [0.1, 0.15) is 0 Å². The maximum Gasteiger partial charge on any atom is 0.325 e. The minimum atomic E-state index is -1.30. The van der Waals surface area contributed by atoms with E-state index >= 15 is 0 Å². The molecule has 1 aromatic carbocycles. The van der Waals surface area contributed by atoms with E-state index < -0.39 is 17.5 Å². The van der Waals surface area contributed by atoms with Crippen molar-refractivity contribution in [3.8, 4) is 0 Å². The lowest BCUT2D eigenvalue weighted by Gasteiger charge is -2.17. The molecule has 4 nitrogen and oxygen atoms in total. The number of hydrogen-bond donors (Lipinski definition) is 1. The second-order valence-corrected chi connectivity index (χ2v) is 3.77. The van der Waals surface area contributed by atoms with Crippen LogP contribution in [0, 0.1) is 6.92 Å². The third-order valence-electron chi connectivity index (χ3n) is 2.11. The molecular formula is C11H11ClO4. The van der Waals surface area contributed by atoms with Crippen LogP contribution in [0.5, 0.6) is 0 Å². The summed E-state index contributed by atoms with van der Waals surface area (Å²) < 4.78 is 4.70. The smallest absolute Gasteiger partial charge is 0.325 e. The number of carbonyl (C=O) groups is 2. The van der Waals surface area contributed by atoms with E-state index in [4.69, 9.17) is 21.4 Å². The Hall–Kier alpha value is -1.55. The van der Waals surface area contributed by atoms with Gasteiger partial charge in [0, 0.05) is 0 Å². The quantitative estimate of drug-likeness (QED) is 0.633. The summed E-state index contributed by atoms with van der Waals surface area (Å²) in [5.74, 6) is -1.23. The third kappa shape index (κ3) is 2.97. The summed E-state index contributed by atoms with van der Waals surface area (Å²) in [5, 5.41) is 7.47. The van der Waals surface area contributed by atoms with Gasteiger partial charge >= 0.3 is 5.97 Å². The van der Waals surface area contributed by atoms with Crippen molar-refractivity contribution in [2.75, 3.05) is 0 Å². The van der Waals surface area contributed by atoms with Gasteiger partial charge in [0.15, 0.2) is 11.5 Å². The number of halogens is 1. The van der Waals surface area contributed by atoms with Gasteiger partial charge in [-0.25, -0.2) is 0 Å². The largest absolute Gasteiger partial charge is 0.480 e. The Morgan fingerprint density at radius 2 is 2.00 bits per heavy atom. The van der Waals surface area contributed by atoms with Crippen LogP contribution < -0.4 is 0 Å². The molecule has 0 fully saturated rings. The highest BCUT2D eigenvalue weighted by Crippen LogP contribution is 2.25. The molecule has 0 aromatic heterocycles. The zero-order valence-corrected chi connectivity index (χ0v) is 9.35. The van der Waals surface area contributed by atoms with Gasteiger partial charge in [0.2, 0.25) is 0 Å². The maximum absolute atomic E-state index is 10.7. The Morgan fingerprint density at radius 3 is 2.44 bits per heavy atom. The standard InChI is InChI=1S/C11H11ClO4/c1-7-2-4-8(5-3-7)10(16-6-13)9(12)11(14)15/h2-6,9-10H,1H3,(H,14,15). The van der Waals surface area contributed by atoms with Crippen LogP contribution in [0.15, 0.2) is 24.3 Å². The Kier molecular flexibility index (Phi) is 4.31. The summed E-state index contributed by atoms with van der Waals surface area (Å²) in [4.78, 5) is 21.0. The van der Waals surface area contributed by atoms with E-state index in [9.17, 15) is 9.59 Å². The molecule has 0 heterocycles. The lowest BCUT2D eigenvalue weighted by molar-refractivity contribution is -0.143. The van der Waals surface area contributed by atoms with Gasteiger partial charge < -0.3 is 9.84 Å².